The molecular weight excluding hydrogens is 186 g/mol. The SMILES string of the molecule is CCCc1nc(C(=O)OC)c(OC)o1. The van der Waals surface area contributed by atoms with Crippen molar-refractivity contribution < 1.29 is 18.7 Å². The Hall–Kier alpha value is -1.52. The van der Waals surface area contributed by atoms with Gasteiger partial charge < -0.3 is 13.9 Å². The number of methoxy groups -OCH3 is 2. The van der Waals surface area contributed by atoms with Gasteiger partial charge in [0.1, 0.15) is 0 Å². The second-order valence-electron chi connectivity index (χ2n) is 2.69. The number of hydrogen-bond donors (Lipinski definition) is 0. The molecule has 1 heterocycles. The predicted octanol–water partition coefficient (Wildman–Crippen LogP) is 1.42. The smallest absolute Gasteiger partial charge is 0.364 e. The standard InChI is InChI=1S/C9H13NO4/c1-4-5-6-10-7(8(11)12-2)9(13-3)14-6/h4-5H2,1-3H3. The van der Waals surface area contributed by atoms with Crippen LogP contribution in [0, 0.1) is 0 Å². The van der Waals surface area contributed by atoms with Crippen molar-refractivity contribution in [3.05, 3.63) is 11.6 Å². The van der Waals surface area contributed by atoms with Crippen LogP contribution in [-0.4, -0.2) is 25.2 Å². The molecule has 0 aromatic carbocycles. The highest BCUT2D eigenvalue weighted by Gasteiger charge is 2.20. The summed E-state index contributed by atoms with van der Waals surface area (Å²) in [5.74, 6) is 0.0537. The summed E-state index contributed by atoms with van der Waals surface area (Å²) < 4.78 is 14.6. The van der Waals surface area contributed by atoms with E-state index in [0.29, 0.717) is 12.3 Å². The molecule has 0 N–H and O–H groups in total. The monoisotopic (exact) mass is 199 g/mol. The average Bonchev–Trinajstić information content (AvgIpc) is 2.60. The van der Waals surface area contributed by atoms with Crippen LogP contribution in [0.15, 0.2) is 4.42 Å². The maximum Gasteiger partial charge on any atom is 0.364 e. The van der Waals surface area contributed by atoms with E-state index in [9.17, 15) is 4.79 Å². The Bertz CT molecular complexity index is 319. The first-order valence-corrected chi connectivity index (χ1v) is 4.34. The molecule has 0 fully saturated rings. The van der Waals surface area contributed by atoms with Crippen LogP contribution < -0.4 is 4.74 Å². The molecular formula is C9H13NO4. The zero-order chi connectivity index (χ0) is 10.6. The molecule has 0 aliphatic heterocycles. The maximum absolute atomic E-state index is 11.2. The molecule has 78 valence electrons. The summed E-state index contributed by atoms with van der Waals surface area (Å²) >= 11 is 0. The minimum Gasteiger partial charge on any atom is -0.467 e. The summed E-state index contributed by atoms with van der Waals surface area (Å²) in [6.45, 7) is 1.99. The lowest BCUT2D eigenvalue weighted by Crippen LogP contribution is -2.03. The van der Waals surface area contributed by atoms with Gasteiger partial charge in [-0.1, -0.05) is 6.92 Å². The molecule has 0 aliphatic carbocycles. The topological polar surface area (TPSA) is 61.6 Å². The highest BCUT2D eigenvalue weighted by Crippen LogP contribution is 2.20. The number of ether oxygens (including phenoxy) is 2. The second kappa shape index (κ2) is 4.64. The summed E-state index contributed by atoms with van der Waals surface area (Å²) in [7, 11) is 2.71. The van der Waals surface area contributed by atoms with Crippen molar-refractivity contribution in [3.63, 3.8) is 0 Å². The van der Waals surface area contributed by atoms with Gasteiger partial charge in [0.25, 0.3) is 0 Å². The molecule has 1 aromatic heterocycles. The Kier molecular flexibility index (Phi) is 3.50. The fourth-order valence-electron chi connectivity index (χ4n) is 1.03. The van der Waals surface area contributed by atoms with Crippen LogP contribution in [0.4, 0.5) is 0 Å². The maximum atomic E-state index is 11.2. The van der Waals surface area contributed by atoms with Gasteiger partial charge in [-0.15, -0.1) is 0 Å². The molecule has 0 bridgehead atoms. The number of esters is 1. The molecule has 0 saturated heterocycles. The van der Waals surface area contributed by atoms with Crippen LogP contribution >= 0.6 is 0 Å². The summed E-state index contributed by atoms with van der Waals surface area (Å²) in [5.41, 5.74) is 0.0958. The minimum atomic E-state index is -0.548. The number of aryl methyl sites for hydroxylation is 1. The van der Waals surface area contributed by atoms with Crippen molar-refractivity contribution in [2.45, 2.75) is 19.8 Å². The van der Waals surface area contributed by atoms with E-state index in [1.807, 2.05) is 6.92 Å². The fourth-order valence-corrected chi connectivity index (χ4v) is 1.03. The molecule has 5 nitrogen and oxygen atoms in total. The van der Waals surface area contributed by atoms with Crippen LogP contribution in [0.5, 0.6) is 5.95 Å². The number of carbonyl (C=O) groups excluding carboxylic acids is 1. The number of oxazole rings is 1. The van der Waals surface area contributed by atoms with Crippen LogP contribution in [0.1, 0.15) is 29.7 Å². The highest BCUT2D eigenvalue weighted by molar-refractivity contribution is 5.89. The van der Waals surface area contributed by atoms with Gasteiger partial charge in [-0.3, -0.25) is 0 Å². The van der Waals surface area contributed by atoms with Crippen LogP contribution in [0.2, 0.25) is 0 Å². The number of aromatic nitrogens is 1. The third kappa shape index (κ3) is 2.04. The zero-order valence-electron chi connectivity index (χ0n) is 8.49. The van der Waals surface area contributed by atoms with Gasteiger partial charge in [0.05, 0.1) is 14.2 Å². The molecule has 0 spiro atoms. The Morgan fingerprint density at radius 2 is 2.21 bits per heavy atom. The van der Waals surface area contributed by atoms with Gasteiger partial charge in [0, 0.05) is 6.42 Å². The van der Waals surface area contributed by atoms with Gasteiger partial charge in [-0.05, 0) is 6.42 Å². The fraction of sp³-hybridized carbons (Fsp3) is 0.556. The Balaban J connectivity index is 2.96. The van der Waals surface area contributed by atoms with E-state index >= 15 is 0 Å². The molecule has 0 aliphatic rings. The van der Waals surface area contributed by atoms with E-state index in [2.05, 4.69) is 9.72 Å². The molecule has 5 heteroatoms. The first kappa shape index (κ1) is 10.6. The van der Waals surface area contributed by atoms with Crippen LogP contribution in [0.25, 0.3) is 0 Å². The Labute approximate surface area is 82.0 Å². The van der Waals surface area contributed by atoms with E-state index in [1.54, 1.807) is 0 Å². The largest absolute Gasteiger partial charge is 0.467 e. The van der Waals surface area contributed by atoms with E-state index in [1.165, 1.54) is 14.2 Å². The minimum absolute atomic E-state index is 0.0958. The summed E-state index contributed by atoms with van der Waals surface area (Å²) in [5, 5.41) is 0. The second-order valence-corrected chi connectivity index (χ2v) is 2.69. The quantitative estimate of drug-likeness (QED) is 0.686. The molecule has 1 rings (SSSR count). The number of nitrogens with zero attached hydrogens (tertiary/aromatic N) is 1. The van der Waals surface area contributed by atoms with Crippen molar-refractivity contribution >= 4 is 5.97 Å². The molecule has 0 radical (unpaired) electrons. The van der Waals surface area contributed by atoms with Crippen molar-refractivity contribution in [1.82, 2.24) is 4.98 Å². The average molecular weight is 199 g/mol. The van der Waals surface area contributed by atoms with Gasteiger partial charge in [-0.2, -0.15) is 0 Å². The van der Waals surface area contributed by atoms with Gasteiger partial charge in [-0.25, -0.2) is 9.78 Å². The first-order valence-electron chi connectivity index (χ1n) is 4.34. The normalized spacial score (nSPS) is 9.93. The lowest BCUT2D eigenvalue weighted by atomic mass is 10.3. The van der Waals surface area contributed by atoms with Crippen molar-refractivity contribution in [2.24, 2.45) is 0 Å². The highest BCUT2D eigenvalue weighted by atomic mass is 16.6. The third-order valence-corrected chi connectivity index (χ3v) is 1.67. The van der Waals surface area contributed by atoms with E-state index in [4.69, 9.17) is 9.15 Å². The lowest BCUT2D eigenvalue weighted by Gasteiger charge is -1.95. The van der Waals surface area contributed by atoms with Gasteiger partial charge >= 0.3 is 11.9 Å². The Morgan fingerprint density at radius 1 is 1.50 bits per heavy atom. The van der Waals surface area contributed by atoms with Crippen molar-refractivity contribution in [3.8, 4) is 5.95 Å². The first-order chi connectivity index (χ1) is 6.72. The number of carbonyl (C=O) groups is 1. The van der Waals surface area contributed by atoms with Crippen molar-refractivity contribution in [2.75, 3.05) is 14.2 Å². The predicted molar refractivity (Wildman–Crippen MR) is 48.4 cm³/mol. The Morgan fingerprint density at radius 3 is 2.71 bits per heavy atom. The molecule has 0 amide bonds. The lowest BCUT2D eigenvalue weighted by molar-refractivity contribution is 0.0588. The van der Waals surface area contributed by atoms with Crippen LogP contribution in [-0.2, 0) is 11.2 Å². The zero-order valence-corrected chi connectivity index (χ0v) is 8.49. The molecule has 0 saturated carbocycles. The third-order valence-electron chi connectivity index (χ3n) is 1.67. The molecule has 0 atom stereocenters. The van der Waals surface area contributed by atoms with Gasteiger partial charge in [0.15, 0.2) is 5.89 Å². The number of hydrogen-bond acceptors (Lipinski definition) is 5. The number of rotatable bonds is 4. The van der Waals surface area contributed by atoms with E-state index in [-0.39, 0.29) is 11.6 Å². The summed E-state index contributed by atoms with van der Waals surface area (Å²) in [6.07, 6.45) is 1.57. The van der Waals surface area contributed by atoms with E-state index < -0.39 is 5.97 Å². The molecule has 0 unspecified atom stereocenters. The van der Waals surface area contributed by atoms with Crippen LogP contribution in [0.3, 0.4) is 0 Å². The molecule has 1 aromatic rings. The van der Waals surface area contributed by atoms with E-state index in [0.717, 1.165) is 6.42 Å². The van der Waals surface area contributed by atoms with Crippen molar-refractivity contribution in [1.29, 1.82) is 0 Å². The summed E-state index contributed by atoms with van der Waals surface area (Å²) in [6, 6.07) is 0. The summed E-state index contributed by atoms with van der Waals surface area (Å²) in [4.78, 5) is 15.2. The molecule has 14 heavy (non-hydrogen) atoms. The van der Waals surface area contributed by atoms with Gasteiger partial charge in [0.2, 0.25) is 5.69 Å².